The zero-order valence-corrected chi connectivity index (χ0v) is 19.9. The van der Waals surface area contributed by atoms with Crippen molar-refractivity contribution in [3.8, 4) is 0 Å². The van der Waals surface area contributed by atoms with Gasteiger partial charge in [-0.25, -0.2) is 14.4 Å². The molecule has 0 aromatic heterocycles. The summed E-state index contributed by atoms with van der Waals surface area (Å²) < 4.78 is 25.8. The summed E-state index contributed by atoms with van der Waals surface area (Å²) in [6, 6.07) is 0. The Balaban J connectivity index is 2.48. The molecule has 1 saturated carbocycles. The Morgan fingerprint density at radius 3 is 1.72 bits per heavy atom. The number of carbonyl (C=O) groups is 3. The summed E-state index contributed by atoms with van der Waals surface area (Å²) in [6.45, 7) is 9.02. The minimum absolute atomic E-state index is 0.0844. The van der Waals surface area contributed by atoms with Crippen molar-refractivity contribution in [2.45, 2.75) is 104 Å². The molecular weight excluding hydrogens is 420 g/mol. The number of hydrogen-bond donors (Lipinski definition) is 1. The third-order valence-corrected chi connectivity index (χ3v) is 5.24. The van der Waals surface area contributed by atoms with Crippen LogP contribution >= 0.6 is 0 Å². The Morgan fingerprint density at radius 1 is 0.750 bits per heavy atom. The molecule has 0 heterocycles. The molecule has 0 aromatic carbocycles. The zero-order valence-electron chi connectivity index (χ0n) is 19.9. The van der Waals surface area contributed by atoms with Gasteiger partial charge in [-0.05, 0) is 50.4 Å². The minimum Gasteiger partial charge on any atom is -0.450 e. The van der Waals surface area contributed by atoms with Gasteiger partial charge in [0.2, 0.25) is 0 Å². The molecule has 0 saturated heterocycles. The second-order valence-electron chi connectivity index (χ2n) is 9.11. The van der Waals surface area contributed by atoms with Crippen molar-refractivity contribution in [2.24, 2.45) is 11.8 Å². The highest BCUT2D eigenvalue weighted by molar-refractivity contribution is 5.61. The second kappa shape index (κ2) is 15.6. The van der Waals surface area contributed by atoms with E-state index in [0.29, 0.717) is 18.3 Å². The quantitative estimate of drug-likeness (QED) is 0.203. The van der Waals surface area contributed by atoms with Crippen LogP contribution in [0.25, 0.3) is 0 Å². The van der Waals surface area contributed by atoms with Crippen molar-refractivity contribution in [3.63, 3.8) is 0 Å². The minimum atomic E-state index is -1.40. The number of carbonyl (C=O) groups excluding carboxylic acids is 2. The molecule has 1 fully saturated rings. The molecule has 1 aliphatic carbocycles. The van der Waals surface area contributed by atoms with Gasteiger partial charge in [0.25, 0.3) is 0 Å². The topological polar surface area (TPSA) is 118 Å². The predicted molar refractivity (Wildman–Crippen MR) is 117 cm³/mol. The number of unbranched alkanes of at least 4 members (excludes halogenated alkanes) is 2. The maximum absolute atomic E-state index is 12.1. The Bertz CT molecular complexity index is 562. The van der Waals surface area contributed by atoms with Crippen LogP contribution < -0.4 is 0 Å². The fourth-order valence-corrected chi connectivity index (χ4v) is 3.51. The Hall–Kier alpha value is -2.19. The third kappa shape index (κ3) is 13.3. The van der Waals surface area contributed by atoms with Crippen LogP contribution in [0.15, 0.2) is 0 Å². The zero-order chi connectivity index (χ0) is 23.9. The molecule has 0 spiro atoms. The molecule has 0 bridgehead atoms. The molecule has 0 aliphatic heterocycles. The van der Waals surface area contributed by atoms with E-state index in [1.54, 1.807) is 0 Å². The van der Waals surface area contributed by atoms with Crippen LogP contribution in [0.3, 0.4) is 0 Å². The van der Waals surface area contributed by atoms with Crippen LogP contribution in [-0.4, -0.2) is 55.1 Å². The molecule has 0 amide bonds. The van der Waals surface area contributed by atoms with E-state index in [9.17, 15) is 14.4 Å². The van der Waals surface area contributed by atoms with E-state index in [-0.39, 0.29) is 26.1 Å². The first-order chi connectivity index (χ1) is 15.2. The van der Waals surface area contributed by atoms with Gasteiger partial charge in [-0.1, -0.05) is 40.5 Å². The van der Waals surface area contributed by atoms with Gasteiger partial charge < -0.3 is 28.8 Å². The summed E-state index contributed by atoms with van der Waals surface area (Å²) in [6.07, 6.45) is 0.827. The van der Waals surface area contributed by atoms with Crippen LogP contribution in [0.2, 0.25) is 0 Å². The molecule has 0 radical (unpaired) electrons. The molecule has 1 rings (SSSR count). The highest BCUT2D eigenvalue weighted by Crippen LogP contribution is 2.27. The summed E-state index contributed by atoms with van der Waals surface area (Å²) in [5, 5.41) is 8.87. The van der Waals surface area contributed by atoms with E-state index in [0.717, 1.165) is 38.5 Å². The summed E-state index contributed by atoms with van der Waals surface area (Å²) in [4.78, 5) is 35.0. The molecule has 1 N–H and O–H groups in total. The Morgan fingerprint density at radius 2 is 1.25 bits per heavy atom. The molecule has 3 unspecified atom stereocenters. The number of hydrogen-bond acceptors (Lipinski definition) is 8. The largest absolute Gasteiger partial charge is 0.508 e. The molecule has 186 valence electrons. The van der Waals surface area contributed by atoms with Crippen LogP contribution in [0.1, 0.15) is 85.5 Å². The van der Waals surface area contributed by atoms with Crippen molar-refractivity contribution in [2.75, 3.05) is 13.2 Å². The van der Waals surface area contributed by atoms with Crippen LogP contribution in [-0.2, 0) is 23.7 Å². The fourth-order valence-electron chi connectivity index (χ4n) is 3.51. The highest BCUT2D eigenvalue weighted by Gasteiger charge is 2.38. The maximum atomic E-state index is 12.1. The molecule has 9 heteroatoms. The van der Waals surface area contributed by atoms with Gasteiger partial charge in [-0.15, -0.1) is 0 Å². The first-order valence-corrected chi connectivity index (χ1v) is 11.7. The second-order valence-corrected chi connectivity index (χ2v) is 9.11. The average molecular weight is 461 g/mol. The average Bonchev–Trinajstić information content (AvgIpc) is 2.68. The number of ether oxygens (including phenoxy) is 5. The lowest BCUT2D eigenvalue weighted by Gasteiger charge is -2.33. The first kappa shape index (κ1) is 27.8. The molecule has 0 aromatic rings. The van der Waals surface area contributed by atoms with E-state index in [4.69, 9.17) is 28.8 Å². The smallest absolute Gasteiger partial charge is 0.450 e. The predicted octanol–water partition coefficient (Wildman–Crippen LogP) is 5.93. The standard InChI is InChI=1S/C23H40O9/c1-16(2)9-5-7-13-28-22(26)31-19-12-11-18(30-21(24)25)15-20(19)32-23(27)29-14-8-6-10-17(3)4/h16-20H,5-15H2,1-4H3,(H,24,25). The van der Waals surface area contributed by atoms with Crippen molar-refractivity contribution >= 4 is 18.5 Å². The van der Waals surface area contributed by atoms with Gasteiger partial charge >= 0.3 is 18.5 Å². The Labute approximate surface area is 191 Å². The summed E-state index contributed by atoms with van der Waals surface area (Å²) in [5.41, 5.74) is 0. The molecule has 32 heavy (non-hydrogen) atoms. The lowest BCUT2D eigenvalue weighted by Crippen LogP contribution is -2.43. The van der Waals surface area contributed by atoms with Crippen molar-refractivity contribution in [1.82, 2.24) is 0 Å². The van der Waals surface area contributed by atoms with Crippen molar-refractivity contribution in [1.29, 1.82) is 0 Å². The van der Waals surface area contributed by atoms with E-state index in [1.165, 1.54) is 0 Å². The molecular formula is C23H40O9. The summed E-state index contributed by atoms with van der Waals surface area (Å²) in [5.74, 6) is 1.18. The van der Waals surface area contributed by atoms with Gasteiger partial charge in [0.05, 0.1) is 13.2 Å². The monoisotopic (exact) mass is 460 g/mol. The lowest BCUT2D eigenvalue weighted by atomic mass is 9.92. The first-order valence-electron chi connectivity index (χ1n) is 11.7. The maximum Gasteiger partial charge on any atom is 0.508 e. The van der Waals surface area contributed by atoms with E-state index in [2.05, 4.69) is 27.7 Å². The van der Waals surface area contributed by atoms with Gasteiger partial charge in [0.15, 0.2) is 0 Å². The third-order valence-electron chi connectivity index (χ3n) is 5.24. The summed E-state index contributed by atoms with van der Waals surface area (Å²) >= 11 is 0. The normalized spacial score (nSPS) is 20.6. The van der Waals surface area contributed by atoms with Crippen molar-refractivity contribution < 1.29 is 43.2 Å². The van der Waals surface area contributed by atoms with E-state index < -0.39 is 36.8 Å². The highest BCUT2D eigenvalue weighted by atomic mass is 16.8. The molecule has 1 aliphatic rings. The van der Waals surface area contributed by atoms with Gasteiger partial charge in [-0.2, -0.15) is 0 Å². The van der Waals surface area contributed by atoms with Crippen molar-refractivity contribution in [3.05, 3.63) is 0 Å². The van der Waals surface area contributed by atoms with Gasteiger partial charge in [0, 0.05) is 6.42 Å². The van der Waals surface area contributed by atoms with Gasteiger partial charge in [-0.3, -0.25) is 0 Å². The van der Waals surface area contributed by atoms with Crippen LogP contribution in [0, 0.1) is 11.8 Å². The Kier molecular flexibility index (Phi) is 13.6. The fraction of sp³-hybridized carbons (Fsp3) is 0.870. The van der Waals surface area contributed by atoms with Gasteiger partial charge in [0.1, 0.15) is 18.3 Å². The number of rotatable bonds is 13. The molecule has 3 atom stereocenters. The van der Waals surface area contributed by atoms with Crippen LogP contribution in [0.5, 0.6) is 0 Å². The SMILES string of the molecule is CC(C)CCCCOC(=O)OC1CCC(OC(=O)O)CC1OC(=O)OCCCCC(C)C. The van der Waals surface area contributed by atoms with E-state index >= 15 is 0 Å². The summed E-state index contributed by atoms with van der Waals surface area (Å²) in [7, 11) is 0. The number of carboxylic acid groups (broad SMARTS) is 1. The lowest BCUT2D eigenvalue weighted by molar-refractivity contribution is -0.0964. The van der Waals surface area contributed by atoms with Crippen LogP contribution in [0.4, 0.5) is 14.4 Å². The molecule has 9 nitrogen and oxygen atoms in total. The van der Waals surface area contributed by atoms with E-state index in [1.807, 2.05) is 0 Å².